The van der Waals surface area contributed by atoms with Crippen molar-refractivity contribution >= 4 is 11.7 Å². The third-order valence-corrected chi connectivity index (χ3v) is 5.66. The highest BCUT2D eigenvalue weighted by molar-refractivity contribution is 5.94. The Hall–Kier alpha value is -2.63. The highest BCUT2D eigenvalue weighted by atomic mass is 16.5. The minimum atomic E-state index is 0.0990. The largest absolute Gasteiger partial charge is 0.473 e. The number of benzene rings is 1. The Labute approximate surface area is 166 Å². The topological polar surface area (TPSA) is 58.6 Å². The number of piperazine rings is 1. The van der Waals surface area contributed by atoms with Crippen LogP contribution in [0, 0.1) is 6.92 Å². The van der Waals surface area contributed by atoms with Crippen molar-refractivity contribution in [1.82, 2.24) is 15.1 Å². The Morgan fingerprint density at radius 1 is 0.929 bits per heavy atom. The zero-order valence-electron chi connectivity index (χ0n) is 16.5. The molecule has 4 rings (SSSR count). The standard InChI is InChI=1S/C22H28N4O2/c1-17-7-9-18(10-8-17)22(27)26-15-13-25(14-16-26)20-11-12-21(24-23-20)28-19-5-3-2-4-6-19/h7-12,19H,2-6,13-16H2,1H3. The second-order valence-corrected chi connectivity index (χ2v) is 7.75. The van der Waals surface area contributed by atoms with E-state index in [4.69, 9.17) is 4.74 Å². The van der Waals surface area contributed by atoms with Crippen molar-refractivity contribution in [2.24, 2.45) is 0 Å². The molecule has 1 aromatic heterocycles. The molecular weight excluding hydrogens is 352 g/mol. The fraction of sp³-hybridized carbons (Fsp3) is 0.500. The molecule has 0 unspecified atom stereocenters. The van der Waals surface area contributed by atoms with Gasteiger partial charge in [0.15, 0.2) is 5.82 Å². The normalized spacial score (nSPS) is 18.2. The van der Waals surface area contributed by atoms with Crippen LogP contribution in [-0.2, 0) is 0 Å². The number of aromatic nitrogens is 2. The Kier molecular flexibility index (Phi) is 5.74. The van der Waals surface area contributed by atoms with Crippen molar-refractivity contribution in [2.45, 2.75) is 45.1 Å². The molecule has 2 fully saturated rings. The fourth-order valence-corrected chi connectivity index (χ4v) is 3.92. The summed E-state index contributed by atoms with van der Waals surface area (Å²) in [6.07, 6.45) is 6.29. The monoisotopic (exact) mass is 380 g/mol. The SMILES string of the molecule is Cc1ccc(C(=O)N2CCN(c3ccc(OC4CCCCC4)nn3)CC2)cc1. The van der Waals surface area contributed by atoms with E-state index in [1.807, 2.05) is 48.2 Å². The number of anilines is 1. The second kappa shape index (κ2) is 8.59. The van der Waals surface area contributed by atoms with E-state index in [1.165, 1.54) is 19.3 Å². The lowest BCUT2D eigenvalue weighted by molar-refractivity contribution is 0.0746. The maximum Gasteiger partial charge on any atom is 0.253 e. The minimum absolute atomic E-state index is 0.0990. The van der Waals surface area contributed by atoms with E-state index >= 15 is 0 Å². The van der Waals surface area contributed by atoms with Crippen LogP contribution in [0.4, 0.5) is 5.82 Å². The van der Waals surface area contributed by atoms with Gasteiger partial charge in [-0.2, -0.15) is 0 Å². The maximum atomic E-state index is 12.7. The van der Waals surface area contributed by atoms with E-state index in [2.05, 4.69) is 15.1 Å². The molecule has 0 radical (unpaired) electrons. The second-order valence-electron chi connectivity index (χ2n) is 7.75. The van der Waals surface area contributed by atoms with Gasteiger partial charge in [0.1, 0.15) is 6.10 Å². The summed E-state index contributed by atoms with van der Waals surface area (Å²) in [5.41, 5.74) is 1.92. The van der Waals surface area contributed by atoms with Crippen molar-refractivity contribution in [3.05, 3.63) is 47.5 Å². The Morgan fingerprint density at radius 2 is 1.64 bits per heavy atom. The molecule has 1 amide bonds. The molecule has 0 bridgehead atoms. The summed E-state index contributed by atoms with van der Waals surface area (Å²) < 4.78 is 5.96. The zero-order valence-corrected chi connectivity index (χ0v) is 16.5. The third kappa shape index (κ3) is 4.43. The van der Waals surface area contributed by atoms with Crippen LogP contribution in [0.5, 0.6) is 5.88 Å². The van der Waals surface area contributed by atoms with Crippen LogP contribution in [0.25, 0.3) is 0 Å². The lowest BCUT2D eigenvalue weighted by atomic mass is 9.98. The molecule has 1 aliphatic heterocycles. The van der Waals surface area contributed by atoms with Crippen molar-refractivity contribution in [2.75, 3.05) is 31.1 Å². The molecule has 28 heavy (non-hydrogen) atoms. The van der Waals surface area contributed by atoms with Gasteiger partial charge in [0.2, 0.25) is 5.88 Å². The lowest BCUT2D eigenvalue weighted by Gasteiger charge is -2.35. The molecule has 148 valence electrons. The summed E-state index contributed by atoms with van der Waals surface area (Å²) in [4.78, 5) is 16.7. The zero-order chi connectivity index (χ0) is 19.3. The van der Waals surface area contributed by atoms with Crippen LogP contribution in [0.2, 0.25) is 0 Å². The van der Waals surface area contributed by atoms with Crippen LogP contribution in [0.15, 0.2) is 36.4 Å². The smallest absolute Gasteiger partial charge is 0.253 e. The summed E-state index contributed by atoms with van der Waals surface area (Å²) in [5.74, 6) is 1.56. The van der Waals surface area contributed by atoms with Gasteiger partial charge in [0.25, 0.3) is 5.91 Å². The van der Waals surface area contributed by atoms with Crippen molar-refractivity contribution < 1.29 is 9.53 Å². The van der Waals surface area contributed by atoms with Gasteiger partial charge in [0.05, 0.1) is 0 Å². The number of ether oxygens (including phenoxy) is 1. The highest BCUT2D eigenvalue weighted by Crippen LogP contribution is 2.23. The maximum absolute atomic E-state index is 12.7. The van der Waals surface area contributed by atoms with Gasteiger partial charge in [0, 0.05) is 37.8 Å². The van der Waals surface area contributed by atoms with Crippen LogP contribution in [0.3, 0.4) is 0 Å². The van der Waals surface area contributed by atoms with E-state index in [9.17, 15) is 4.79 Å². The molecule has 1 saturated carbocycles. The predicted octanol–water partition coefficient (Wildman–Crippen LogP) is 3.46. The molecule has 2 heterocycles. The first-order valence-electron chi connectivity index (χ1n) is 10.3. The molecule has 6 heteroatoms. The molecule has 1 aromatic carbocycles. The number of aryl methyl sites for hydroxylation is 1. The van der Waals surface area contributed by atoms with E-state index in [0.717, 1.165) is 42.9 Å². The van der Waals surface area contributed by atoms with E-state index in [1.54, 1.807) is 0 Å². The van der Waals surface area contributed by atoms with Gasteiger partial charge in [-0.15, -0.1) is 10.2 Å². The number of rotatable bonds is 4. The Morgan fingerprint density at radius 3 is 2.29 bits per heavy atom. The van der Waals surface area contributed by atoms with Gasteiger partial charge in [-0.1, -0.05) is 24.1 Å². The highest BCUT2D eigenvalue weighted by Gasteiger charge is 2.23. The summed E-state index contributed by atoms with van der Waals surface area (Å²) in [5, 5.41) is 8.62. The van der Waals surface area contributed by atoms with Crippen LogP contribution >= 0.6 is 0 Å². The van der Waals surface area contributed by atoms with Crippen LogP contribution < -0.4 is 9.64 Å². The Bertz CT molecular complexity index is 777. The van der Waals surface area contributed by atoms with Crippen molar-refractivity contribution in [3.63, 3.8) is 0 Å². The Balaban J connectivity index is 1.30. The van der Waals surface area contributed by atoms with E-state index < -0.39 is 0 Å². The average molecular weight is 380 g/mol. The van der Waals surface area contributed by atoms with Gasteiger partial charge in [-0.3, -0.25) is 4.79 Å². The summed E-state index contributed by atoms with van der Waals surface area (Å²) in [6, 6.07) is 11.7. The first-order chi connectivity index (χ1) is 13.7. The van der Waals surface area contributed by atoms with E-state index in [-0.39, 0.29) is 12.0 Å². The van der Waals surface area contributed by atoms with Gasteiger partial charge < -0.3 is 14.5 Å². The molecule has 0 N–H and O–H groups in total. The average Bonchev–Trinajstić information content (AvgIpc) is 2.75. The number of carbonyl (C=O) groups is 1. The molecule has 1 aliphatic carbocycles. The number of amides is 1. The summed E-state index contributed by atoms with van der Waals surface area (Å²) >= 11 is 0. The van der Waals surface area contributed by atoms with Crippen LogP contribution in [-0.4, -0.2) is 53.3 Å². The van der Waals surface area contributed by atoms with E-state index in [0.29, 0.717) is 19.0 Å². The molecule has 0 spiro atoms. The predicted molar refractivity (Wildman–Crippen MR) is 109 cm³/mol. The number of hydrogen-bond acceptors (Lipinski definition) is 5. The van der Waals surface area contributed by atoms with Crippen LogP contribution in [0.1, 0.15) is 48.0 Å². The minimum Gasteiger partial charge on any atom is -0.473 e. The lowest BCUT2D eigenvalue weighted by Crippen LogP contribution is -2.49. The quantitative estimate of drug-likeness (QED) is 0.813. The summed E-state index contributed by atoms with van der Waals surface area (Å²) in [6.45, 7) is 4.92. The number of carbonyl (C=O) groups excluding carboxylic acids is 1. The number of hydrogen-bond donors (Lipinski definition) is 0. The number of nitrogens with zero attached hydrogens (tertiary/aromatic N) is 4. The van der Waals surface area contributed by atoms with Gasteiger partial charge in [-0.25, -0.2) is 0 Å². The third-order valence-electron chi connectivity index (χ3n) is 5.66. The molecule has 2 aliphatic rings. The molecule has 6 nitrogen and oxygen atoms in total. The van der Waals surface area contributed by atoms with Crippen molar-refractivity contribution in [1.29, 1.82) is 0 Å². The summed E-state index contributed by atoms with van der Waals surface area (Å²) in [7, 11) is 0. The van der Waals surface area contributed by atoms with Crippen molar-refractivity contribution in [3.8, 4) is 5.88 Å². The van der Waals surface area contributed by atoms with Gasteiger partial charge >= 0.3 is 0 Å². The molecule has 1 saturated heterocycles. The fourth-order valence-electron chi connectivity index (χ4n) is 3.92. The first-order valence-corrected chi connectivity index (χ1v) is 10.3. The molecule has 0 atom stereocenters. The molecular formula is C22H28N4O2. The molecule has 2 aromatic rings. The van der Waals surface area contributed by atoms with Gasteiger partial charge in [-0.05, 0) is 50.8 Å². The first kappa shape index (κ1) is 18.7.